The van der Waals surface area contributed by atoms with E-state index in [2.05, 4.69) is 20.6 Å². The van der Waals surface area contributed by atoms with Gasteiger partial charge >= 0.3 is 12.1 Å². The van der Waals surface area contributed by atoms with E-state index in [1.165, 1.54) is 24.3 Å². The van der Waals surface area contributed by atoms with Crippen molar-refractivity contribution in [1.29, 1.82) is 0 Å². The first-order valence-corrected chi connectivity index (χ1v) is 14.0. The molecule has 2 heterocycles. The third-order valence-electron chi connectivity index (χ3n) is 7.48. The van der Waals surface area contributed by atoms with Crippen LogP contribution in [-0.2, 0) is 17.8 Å². The maximum atomic E-state index is 13.8. The van der Waals surface area contributed by atoms with Crippen molar-refractivity contribution in [3.05, 3.63) is 83.3 Å². The number of hydrogen-bond donors (Lipinski definition) is 3. The summed E-state index contributed by atoms with van der Waals surface area (Å²) in [5.74, 6) is -3.26. The SMILES string of the molecule is C[C@H]1CCCCN1c1ccc(C(=O)Nc2ccc(F)cc2CC(=O)O)cc1NC(=O)c1nn(CC(F)(F)F)c2ccccc12. The number of carboxylic acid groups (broad SMARTS) is 1. The number of hydrogen-bond acceptors (Lipinski definition) is 5. The fourth-order valence-corrected chi connectivity index (χ4v) is 5.44. The molecule has 3 aromatic carbocycles. The highest BCUT2D eigenvalue weighted by atomic mass is 19.4. The van der Waals surface area contributed by atoms with Crippen molar-refractivity contribution in [1.82, 2.24) is 9.78 Å². The average molecular weight is 612 g/mol. The predicted molar refractivity (Wildman–Crippen MR) is 157 cm³/mol. The van der Waals surface area contributed by atoms with Crippen LogP contribution in [-0.4, -0.2) is 51.4 Å². The van der Waals surface area contributed by atoms with E-state index in [9.17, 15) is 37.1 Å². The van der Waals surface area contributed by atoms with Gasteiger partial charge in [-0.05, 0) is 74.2 Å². The molecule has 0 spiro atoms. The molecule has 0 aliphatic carbocycles. The number of nitrogens with one attached hydrogen (secondary N) is 2. The van der Waals surface area contributed by atoms with Gasteiger partial charge in [-0.1, -0.05) is 18.2 Å². The molecule has 44 heavy (non-hydrogen) atoms. The summed E-state index contributed by atoms with van der Waals surface area (Å²) in [6.07, 6.45) is -2.24. The molecule has 0 unspecified atom stereocenters. The van der Waals surface area contributed by atoms with Gasteiger partial charge in [0.2, 0.25) is 0 Å². The Bertz CT molecular complexity index is 1740. The first-order valence-electron chi connectivity index (χ1n) is 14.0. The van der Waals surface area contributed by atoms with Crippen molar-refractivity contribution < 1.29 is 37.1 Å². The summed E-state index contributed by atoms with van der Waals surface area (Å²) in [7, 11) is 0. The monoisotopic (exact) mass is 611 g/mol. The number of alkyl halides is 3. The molecule has 1 aliphatic rings. The Balaban J connectivity index is 1.50. The minimum Gasteiger partial charge on any atom is -0.481 e. The normalized spacial score (nSPS) is 15.3. The number of para-hydroxylation sites is 1. The van der Waals surface area contributed by atoms with E-state index in [0.29, 0.717) is 12.2 Å². The van der Waals surface area contributed by atoms with Crippen molar-refractivity contribution in [3.8, 4) is 0 Å². The quantitative estimate of drug-likeness (QED) is 0.203. The number of amides is 2. The highest BCUT2D eigenvalue weighted by Crippen LogP contribution is 2.34. The number of rotatable bonds is 8. The Morgan fingerprint density at radius 3 is 2.45 bits per heavy atom. The van der Waals surface area contributed by atoms with Gasteiger partial charge in [-0.25, -0.2) is 4.39 Å². The highest BCUT2D eigenvalue weighted by molar-refractivity contribution is 6.13. The number of carbonyl (C=O) groups is 3. The zero-order valence-electron chi connectivity index (χ0n) is 23.6. The molecule has 0 bridgehead atoms. The number of aliphatic carboxylic acids is 1. The predicted octanol–water partition coefficient (Wildman–Crippen LogP) is 6.25. The van der Waals surface area contributed by atoms with E-state index in [0.717, 1.165) is 36.1 Å². The van der Waals surface area contributed by atoms with Crippen molar-refractivity contribution in [2.75, 3.05) is 22.1 Å². The number of carboxylic acids is 1. The summed E-state index contributed by atoms with van der Waals surface area (Å²) in [4.78, 5) is 40.3. The van der Waals surface area contributed by atoms with Crippen molar-refractivity contribution in [2.45, 2.75) is 51.4 Å². The Morgan fingerprint density at radius 2 is 1.73 bits per heavy atom. The lowest BCUT2D eigenvalue weighted by Gasteiger charge is -2.36. The molecule has 0 saturated carbocycles. The van der Waals surface area contributed by atoms with E-state index < -0.39 is 42.7 Å². The topological polar surface area (TPSA) is 117 Å². The Hall–Kier alpha value is -4.94. The molecule has 4 aromatic rings. The highest BCUT2D eigenvalue weighted by Gasteiger charge is 2.31. The standard InChI is InChI=1S/C31H29F4N5O4/c1-18-6-4-5-13-39(18)26-12-9-19(29(43)36-23-11-10-21(32)14-20(23)16-27(41)42)15-24(26)37-30(44)28-22-7-2-3-8-25(22)40(38-28)17-31(33,34)35/h2-3,7-12,14-15,18H,4-6,13,16-17H2,1H3,(H,36,43)(H,37,44)(H,41,42)/t18-/m0/s1. The van der Waals surface area contributed by atoms with Crippen molar-refractivity contribution in [3.63, 3.8) is 0 Å². The van der Waals surface area contributed by atoms with Gasteiger partial charge in [-0.15, -0.1) is 0 Å². The van der Waals surface area contributed by atoms with Crippen molar-refractivity contribution >= 4 is 45.7 Å². The maximum Gasteiger partial charge on any atom is 0.408 e. The first kappa shape index (κ1) is 30.5. The van der Waals surface area contributed by atoms with Gasteiger partial charge in [-0.3, -0.25) is 19.1 Å². The Morgan fingerprint density at radius 1 is 0.977 bits per heavy atom. The molecule has 230 valence electrons. The summed E-state index contributed by atoms with van der Waals surface area (Å²) in [6.45, 7) is 1.35. The molecule has 1 atom stereocenters. The van der Waals surface area contributed by atoms with Crippen LogP contribution in [0.5, 0.6) is 0 Å². The zero-order chi connectivity index (χ0) is 31.6. The van der Waals surface area contributed by atoms with Crippen LogP contribution >= 0.6 is 0 Å². The molecule has 3 N–H and O–H groups in total. The number of halogens is 4. The number of anilines is 3. The number of carbonyl (C=O) groups excluding carboxylic acids is 2. The van der Waals surface area contributed by atoms with Gasteiger partial charge in [0, 0.05) is 29.2 Å². The van der Waals surface area contributed by atoms with Gasteiger partial charge in [0.25, 0.3) is 11.8 Å². The molecular formula is C31H29F4N5O4. The van der Waals surface area contributed by atoms with E-state index >= 15 is 0 Å². The van der Waals surface area contributed by atoms with E-state index in [-0.39, 0.29) is 45.1 Å². The van der Waals surface area contributed by atoms with Gasteiger partial charge in [0.15, 0.2) is 5.69 Å². The minimum absolute atomic E-state index is 0.0689. The molecule has 9 nitrogen and oxygen atoms in total. The smallest absolute Gasteiger partial charge is 0.408 e. The van der Waals surface area contributed by atoms with Gasteiger partial charge in [0.05, 0.1) is 23.3 Å². The Labute approximate surface area is 249 Å². The van der Waals surface area contributed by atoms with Gasteiger partial charge in [-0.2, -0.15) is 18.3 Å². The fraction of sp³-hybridized carbons (Fsp3) is 0.290. The number of nitrogens with zero attached hydrogens (tertiary/aromatic N) is 3. The average Bonchev–Trinajstić information content (AvgIpc) is 3.31. The lowest BCUT2D eigenvalue weighted by molar-refractivity contribution is -0.142. The largest absolute Gasteiger partial charge is 0.481 e. The van der Waals surface area contributed by atoms with Crippen LogP contribution in [0.4, 0.5) is 34.6 Å². The minimum atomic E-state index is -4.56. The molecular weight excluding hydrogens is 582 g/mol. The molecule has 0 radical (unpaired) electrons. The number of benzene rings is 3. The van der Waals surface area contributed by atoms with Crippen LogP contribution < -0.4 is 15.5 Å². The Kier molecular flexibility index (Phi) is 8.56. The summed E-state index contributed by atoms with van der Waals surface area (Å²) in [5, 5.41) is 18.8. The first-order chi connectivity index (χ1) is 20.9. The number of piperidine rings is 1. The summed E-state index contributed by atoms with van der Waals surface area (Å²) >= 11 is 0. The van der Waals surface area contributed by atoms with E-state index in [4.69, 9.17) is 0 Å². The molecule has 1 saturated heterocycles. The molecule has 13 heteroatoms. The van der Waals surface area contributed by atoms with Crippen molar-refractivity contribution in [2.24, 2.45) is 0 Å². The van der Waals surface area contributed by atoms with Crippen LogP contribution in [0.25, 0.3) is 10.9 Å². The molecule has 1 aromatic heterocycles. The number of aromatic nitrogens is 2. The van der Waals surface area contributed by atoms with Crippen LogP contribution in [0.3, 0.4) is 0 Å². The molecule has 2 amide bonds. The lowest BCUT2D eigenvalue weighted by Crippen LogP contribution is -2.38. The lowest BCUT2D eigenvalue weighted by atomic mass is 10.0. The molecule has 1 fully saturated rings. The fourth-order valence-electron chi connectivity index (χ4n) is 5.44. The summed E-state index contributed by atoms with van der Waals surface area (Å²) in [6, 6.07) is 14.3. The summed E-state index contributed by atoms with van der Waals surface area (Å²) < 4.78 is 54.3. The molecule has 1 aliphatic heterocycles. The third kappa shape index (κ3) is 6.82. The van der Waals surface area contributed by atoms with E-state index in [1.54, 1.807) is 24.3 Å². The van der Waals surface area contributed by atoms with Gasteiger partial charge < -0.3 is 20.6 Å². The maximum absolute atomic E-state index is 13.8. The second-order valence-corrected chi connectivity index (χ2v) is 10.7. The van der Waals surface area contributed by atoms with Crippen LogP contribution in [0.15, 0.2) is 60.7 Å². The van der Waals surface area contributed by atoms with Crippen LogP contribution in [0.2, 0.25) is 0 Å². The zero-order valence-corrected chi connectivity index (χ0v) is 23.6. The molecule has 5 rings (SSSR count). The van der Waals surface area contributed by atoms with Crippen LogP contribution in [0, 0.1) is 5.82 Å². The second kappa shape index (κ2) is 12.3. The van der Waals surface area contributed by atoms with E-state index in [1.807, 2.05) is 6.92 Å². The third-order valence-corrected chi connectivity index (χ3v) is 7.48. The van der Waals surface area contributed by atoms with Crippen LogP contribution in [0.1, 0.15) is 52.6 Å². The number of fused-ring (bicyclic) bond motifs is 1. The van der Waals surface area contributed by atoms with Gasteiger partial charge in [0.1, 0.15) is 12.4 Å². The second-order valence-electron chi connectivity index (χ2n) is 10.7. The summed E-state index contributed by atoms with van der Waals surface area (Å²) in [5.41, 5.74) is 1.09.